The molecular formula is C14H16ClF2NO3. The zero-order valence-corrected chi connectivity index (χ0v) is 12.2. The van der Waals surface area contributed by atoms with Gasteiger partial charge in [0.15, 0.2) is 6.61 Å². The summed E-state index contributed by atoms with van der Waals surface area (Å²) >= 11 is 5.81. The molecule has 0 bridgehead atoms. The van der Waals surface area contributed by atoms with E-state index in [0.717, 1.165) is 5.56 Å². The molecule has 1 N–H and O–H groups in total. The molecule has 0 radical (unpaired) electrons. The number of likely N-dealkylation sites (tertiary alicyclic amines) is 1. The number of aliphatic hydroxyl groups is 1. The Hall–Kier alpha value is -1.40. The van der Waals surface area contributed by atoms with Gasteiger partial charge in [0.25, 0.3) is 12.3 Å². The smallest absolute Gasteiger partial charge is 0.268 e. The van der Waals surface area contributed by atoms with E-state index in [1.807, 2.05) is 0 Å². The zero-order valence-electron chi connectivity index (χ0n) is 11.5. The van der Waals surface area contributed by atoms with Crippen LogP contribution in [0.1, 0.15) is 12.0 Å². The Morgan fingerprint density at radius 1 is 1.57 bits per heavy atom. The molecule has 2 rings (SSSR count). The number of benzene rings is 1. The number of aryl methyl sites for hydroxylation is 1. The summed E-state index contributed by atoms with van der Waals surface area (Å²) in [7, 11) is 0. The molecule has 116 valence electrons. The molecule has 1 aliphatic heterocycles. The number of β-amino-alcohol motifs (C(OH)–C–C–N with tert-alkyl or cyclic N) is 1. The van der Waals surface area contributed by atoms with E-state index in [2.05, 4.69) is 0 Å². The second kappa shape index (κ2) is 6.15. The molecule has 1 unspecified atom stereocenters. The van der Waals surface area contributed by atoms with Crippen LogP contribution in [-0.2, 0) is 4.79 Å². The van der Waals surface area contributed by atoms with Crippen molar-refractivity contribution < 1.29 is 23.4 Å². The molecule has 4 nitrogen and oxygen atoms in total. The standard InChI is InChI=1S/C14H16ClF2NO3/c1-9-6-10(15)2-3-11(9)21-7-12(19)18-5-4-14(20,8-18)13(16)17/h2-3,6,13,20H,4-5,7-8H2,1H3. The lowest BCUT2D eigenvalue weighted by atomic mass is 10.1. The van der Waals surface area contributed by atoms with Crippen LogP contribution < -0.4 is 4.74 Å². The molecule has 1 aromatic rings. The van der Waals surface area contributed by atoms with Crippen molar-refractivity contribution in [2.24, 2.45) is 0 Å². The van der Waals surface area contributed by atoms with E-state index < -0.39 is 17.9 Å². The number of halogens is 3. The van der Waals surface area contributed by atoms with Crippen LogP contribution in [0.15, 0.2) is 18.2 Å². The van der Waals surface area contributed by atoms with E-state index in [-0.39, 0.29) is 26.1 Å². The van der Waals surface area contributed by atoms with Crippen LogP contribution >= 0.6 is 11.6 Å². The predicted octanol–water partition coefficient (Wildman–Crippen LogP) is 2.26. The minimum atomic E-state index is -2.87. The highest BCUT2D eigenvalue weighted by atomic mass is 35.5. The van der Waals surface area contributed by atoms with Gasteiger partial charge in [-0.25, -0.2) is 8.78 Å². The van der Waals surface area contributed by atoms with Gasteiger partial charge in [-0.1, -0.05) is 11.6 Å². The topological polar surface area (TPSA) is 49.8 Å². The minimum absolute atomic E-state index is 0.0998. The zero-order chi connectivity index (χ0) is 15.6. The Kier molecular flexibility index (Phi) is 4.68. The van der Waals surface area contributed by atoms with E-state index in [1.165, 1.54) is 4.90 Å². The van der Waals surface area contributed by atoms with Gasteiger partial charge in [-0.15, -0.1) is 0 Å². The maximum Gasteiger partial charge on any atom is 0.268 e. The monoisotopic (exact) mass is 319 g/mol. The van der Waals surface area contributed by atoms with E-state index in [0.29, 0.717) is 10.8 Å². The second-order valence-electron chi connectivity index (χ2n) is 5.17. The summed E-state index contributed by atoms with van der Waals surface area (Å²) in [5.74, 6) is 0.0805. The molecule has 0 aromatic heterocycles. The Bertz CT molecular complexity index is 541. The first kappa shape index (κ1) is 16.0. The number of amides is 1. The number of hydrogen-bond donors (Lipinski definition) is 1. The van der Waals surface area contributed by atoms with E-state index in [9.17, 15) is 18.7 Å². The quantitative estimate of drug-likeness (QED) is 0.926. The summed E-state index contributed by atoms with van der Waals surface area (Å²) in [6.45, 7) is 1.26. The molecule has 1 fully saturated rings. The number of carbonyl (C=O) groups is 1. The van der Waals surface area contributed by atoms with Crippen molar-refractivity contribution in [3.05, 3.63) is 28.8 Å². The van der Waals surface area contributed by atoms with Crippen molar-refractivity contribution in [2.75, 3.05) is 19.7 Å². The number of nitrogens with zero attached hydrogens (tertiary/aromatic N) is 1. The summed E-state index contributed by atoms with van der Waals surface area (Å²) < 4.78 is 30.7. The van der Waals surface area contributed by atoms with Crippen molar-refractivity contribution in [1.29, 1.82) is 0 Å². The van der Waals surface area contributed by atoms with E-state index in [1.54, 1.807) is 25.1 Å². The van der Waals surface area contributed by atoms with Gasteiger partial charge in [0.1, 0.15) is 11.4 Å². The van der Waals surface area contributed by atoms with E-state index >= 15 is 0 Å². The molecule has 1 atom stereocenters. The molecule has 7 heteroatoms. The highest BCUT2D eigenvalue weighted by Crippen LogP contribution is 2.28. The molecule has 1 saturated heterocycles. The van der Waals surface area contributed by atoms with Crippen LogP contribution in [0.5, 0.6) is 5.75 Å². The molecule has 1 amide bonds. The highest BCUT2D eigenvalue weighted by molar-refractivity contribution is 6.30. The van der Waals surface area contributed by atoms with Gasteiger partial charge in [-0.3, -0.25) is 4.79 Å². The van der Waals surface area contributed by atoms with Gasteiger partial charge in [-0.05, 0) is 30.7 Å². The van der Waals surface area contributed by atoms with Crippen molar-refractivity contribution in [3.8, 4) is 5.75 Å². The van der Waals surface area contributed by atoms with Crippen LogP contribution in [0.2, 0.25) is 5.02 Å². The highest BCUT2D eigenvalue weighted by Gasteiger charge is 2.45. The lowest BCUT2D eigenvalue weighted by molar-refractivity contribution is -0.135. The SMILES string of the molecule is Cc1cc(Cl)ccc1OCC(=O)N1CCC(O)(C(F)F)C1. The maximum absolute atomic E-state index is 12.7. The summed E-state index contributed by atoms with van der Waals surface area (Å²) in [5.41, 5.74) is -1.33. The van der Waals surface area contributed by atoms with Gasteiger partial charge in [0.2, 0.25) is 0 Å². The first-order valence-corrected chi connectivity index (χ1v) is 6.87. The van der Waals surface area contributed by atoms with Gasteiger partial charge < -0.3 is 14.7 Å². The molecule has 0 aliphatic carbocycles. The Balaban J connectivity index is 1.91. The third-order valence-electron chi connectivity index (χ3n) is 3.53. The van der Waals surface area contributed by atoms with E-state index in [4.69, 9.17) is 16.3 Å². The summed E-state index contributed by atoms with van der Waals surface area (Å²) in [6.07, 6.45) is -2.99. The molecule has 21 heavy (non-hydrogen) atoms. The molecule has 1 aliphatic rings. The second-order valence-corrected chi connectivity index (χ2v) is 5.60. The number of hydrogen-bond acceptors (Lipinski definition) is 3. The average Bonchev–Trinajstić information content (AvgIpc) is 2.82. The predicted molar refractivity (Wildman–Crippen MR) is 73.8 cm³/mol. The summed E-state index contributed by atoms with van der Waals surface area (Å²) in [6, 6.07) is 4.98. The van der Waals surface area contributed by atoms with Crippen molar-refractivity contribution in [2.45, 2.75) is 25.4 Å². The normalized spacial score (nSPS) is 21.9. The minimum Gasteiger partial charge on any atom is -0.483 e. The van der Waals surface area contributed by atoms with Crippen molar-refractivity contribution >= 4 is 17.5 Å². The Labute approximate surface area is 126 Å². The maximum atomic E-state index is 12.7. The van der Waals surface area contributed by atoms with Crippen LogP contribution in [-0.4, -0.2) is 47.6 Å². The van der Waals surface area contributed by atoms with Crippen LogP contribution in [0.3, 0.4) is 0 Å². The van der Waals surface area contributed by atoms with Crippen LogP contribution in [0, 0.1) is 6.92 Å². The van der Waals surface area contributed by atoms with Crippen LogP contribution in [0.4, 0.5) is 8.78 Å². The largest absolute Gasteiger partial charge is 0.483 e. The number of ether oxygens (including phenoxy) is 1. The lowest BCUT2D eigenvalue weighted by Crippen LogP contribution is -2.42. The number of rotatable bonds is 4. The van der Waals surface area contributed by atoms with Gasteiger partial charge in [-0.2, -0.15) is 0 Å². The third-order valence-corrected chi connectivity index (χ3v) is 3.76. The van der Waals surface area contributed by atoms with Crippen molar-refractivity contribution in [3.63, 3.8) is 0 Å². The molecule has 1 heterocycles. The van der Waals surface area contributed by atoms with Gasteiger partial charge >= 0.3 is 0 Å². The van der Waals surface area contributed by atoms with Gasteiger partial charge in [0, 0.05) is 18.0 Å². The van der Waals surface area contributed by atoms with Crippen molar-refractivity contribution in [1.82, 2.24) is 4.90 Å². The summed E-state index contributed by atoms with van der Waals surface area (Å²) in [5, 5.41) is 10.2. The Morgan fingerprint density at radius 2 is 2.29 bits per heavy atom. The summed E-state index contributed by atoms with van der Waals surface area (Å²) in [4.78, 5) is 13.1. The molecule has 0 saturated carbocycles. The average molecular weight is 320 g/mol. The molecular weight excluding hydrogens is 304 g/mol. The fourth-order valence-corrected chi connectivity index (χ4v) is 2.44. The lowest BCUT2D eigenvalue weighted by Gasteiger charge is -2.22. The number of carbonyl (C=O) groups excluding carboxylic acids is 1. The van der Waals surface area contributed by atoms with Crippen LogP contribution in [0.25, 0.3) is 0 Å². The number of alkyl halides is 2. The molecule has 1 aromatic carbocycles. The fraction of sp³-hybridized carbons (Fsp3) is 0.500. The third kappa shape index (κ3) is 3.63. The molecule has 0 spiro atoms. The first-order valence-electron chi connectivity index (χ1n) is 6.49. The fourth-order valence-electron chi connectivity index (χ4n) is 2.21. The first-order chi connectivity index (χ1) is 9.82. The Morgan fingerprint density at radius 3 is 2.86 bits per heavy atom. The van der Waals surface area contributed by atoms with Gasteiger partial charge in [0.05, 0.1) is 6.54 Å².